The van der Waals surface area contributed by atoms with E-state index >= 15 is 0 Å². The van der Waals surface area contributed by atoms with Crippen LogP contribution in [0.4, 0.5) is 0 Å². The first-order valence-corrected chi connectivity index (χ1v) is 23.6. The van der Waals surface area contributed by atoms with Gasteiger partial charge >= 0.3 is 7.82 Å². The number of rotatable bonds is 36. The molecule has 0 spiro atoms. The van der Waals surface area contributed by atoms with Crippen LogP contribution < -0.4 is 5.32 Å². The van der Waals surface area contributed by atoms with E-state index in [1.165, 1.54) is 128 Å². The summed E-state index contributed by atoms with van der Waals surface area (Å²) in [6.45, 7) is 3.80. The molecule has 0 aromatic rings. The Morgan fingerprint density at radius 3 is 1.38 bits per heavy atom. The molecule has 0 aromatic carbocycles. The number of aliphatic hydroxyl groups excluding tert-OH is 6. The average molecular weight is 808 g/mol. The molecule has 0 bridgehead atoms. The van der Waals surface area contributed by atoms with Crippen LogP contribution in [0.1, 0.15) is 194 Å². The van der Waals surface area contributed by atoms with E-state index in [0.29, 0.717) is 6.42 Å². The number of aliphatic hydroxyl groups is 6. The molecule has 13 heteroatoms. The molecule has 326 valence electrons. The van der Waals surface area contributed by atoms with E-state index < -0.39 is 63.2 Å². The van der Waals surface area contributed by atoms with Crippen LogP contribution in [0.15, 0.2) is 12.2 Å². The van der Waals surface area contributed by atoms with E-state index in [0.717, 1.165) is 44.9 Å². The molecule has 0 saturated heterocycles. The van der Waals surface area contributed by atoms with Crippen LogP contribution in [0, 0.1) is 0 Å². The number of phosphoric acid groups is 1. The smallest absolute Gasteiger partial charge is 0.387 e. The van der Waals surface area contributed by atoms with Gasteiger partial charge in [-0.2, -0.15) is 0 Å². The average Bonchev–Trinajstić information content (AvgIpc) is 3.16. The Kier molecular flexibility index (Phi) is 31.2. The van der Waals surface area contributed by atoms with E-state index in [-0.39, 0.29) is 12.3 Å². The Balaban J connectivity index is 2.43. The molecule has 1 amide bonds. The van der Waals surface area contributed by atoms with Crippen LogP contribution in [-0.2, 0) is 18.4 Å². The highest BCUT2D eigenvalue weighted by molar-refractivity contribution is 7.47. The fourth-order valence-electron chi connectivity index (χ4n) is 7.14. The summed E-state index contributed by atoms with van der Waals surface area (Å²) in [5, 5.41) is 63.7. The number of carbonyl (C=O) groups excluding carboxylic acids is 1. The second kappa shape index (κ2) is 33.0. The molecular formula is C42H82NO11P. The molecule has 1 rings (SSSR count). The zero-order chi connectivity index (χ0) is 40.7. The highest BCUT2D eigenvalue weighted by Crippen LogP contribution is 2.47. The monoisotopic (exact) mass is 808 g/mol. The van der Waals surface area contributed by atoms with Crippen molar-refractivity contribution in [3.05, 3.63) is 12.2 Å². The van der Waals surface area contributed by atoms with Crippen molar-refractivity contribution in [1.29, 1.82) is 0 Å². The van der Waals surface area contributed by atoms with E-state index in [1.54, 1.807) is 0 Å². The van der Waals surface area contributed by atoms with Gasteiger partial charge in [0.05, 0.1) is 18.8 Å². The van der Waals surface area contributed by atoms with Gasteiger partial charge in [0.25, 0.3) is 0 Å². The molecule has 12 nitrogen and oxygen atoms in total. The molecule has 0 radical (unpaired) electrons. The van der Waals surface area contributed by atoms with Crippen molar-refractivity contribution >= 4 is 13.7 Å². The van der Waals surface area contributed by atoms with Crippen LogP contribution >= 0.6 is 7.82 Å². The van der Waals surface area contributed by atoms with Crippen molar-refractivity contribution < 1.29 is 53.9 Å². The van der Waals surface area contributed by atoms with Crippen molar-refractivity contribution in [2.75, 3.05) is 6.61 Å². The molecule has 0 aromatic heterocycles. The van der Waals surface area contributed by atoms with Crippen molar-refractivity contribution in [1.82, 2.24) is 5.32 Å². The third kappa shape index (κ3) is 25.2. The van der Waals surface area contributed by atoms with Gasteiger partial charge in [-0.15, -0.1) is 0 Å². The Morgan fingerprint density at radius 2 is 0.964 bits per heavy atom. The van der Waals surface area contributed by atoms with E-state index in [4.69, 9.17) is 9.05 Å². The summed E-state index contributed by atoms with van der Waals surface area (Å²) in [6, 6.07) is -1.11. The van der Waals surface area contributed by atoms with Crippen molar-refractivity contribution in [3.63, 3.8) is 0 Å². The summed E-state index contributed by atoms with van der Waals surface area (Å²) < 4.78 is 22.8. The van der Waals surface area contributed by atoms with Crippen molar-refractivity contribution in [2.45, 2.75) is 242 Å². The summed E-state index contributed by atoms with van der Waals surface area (Å²) in [5.74, 6) is -0.341. The zero-order valence-corrected chi connectivity index (χ0v) is 35.4. The lowest BCUT2D eigenvalue weighted by Gasteiger charge is -2.41. The van der Waals surface area contributed by atoms with E-state index in [2.05, 4.69) is 19.2 Å². The number of amides is 1. The summed E-state index contributed by atoms with van der Waals surface area (Å²) in [5.41, 5.74) is 0. The first-order valence-electron chi connectivity index (χ1n) is 22.1. The highest BCUT2D eigenvalue weighted by atomic mass is 31.2. The van der Waals surface area contributed by atoms with Gasteiger partial charge in [0.15, 0.2) is 0 Å². The Hall–Kier alpha value is -0.920. The number of phosphoric ester groups is 1. The molecule has 1 aliphatic rings. The van der Waals surface area contributed by atoms with Gasteiger partial charge in [-0.25, -0.2) is 4.57 Å². The Labute approximate surface area is 333 Å². The molecular weight excluding hydrogens is 725 g/mol. The predicted octanol–water partition coefficient (Wildman–Crippen LogP) is 7.67. The highest BCUT2D eigenvalue weighted by Gasteiger charge is 2.51. The molecule has 0 aliphatic heterocycles. The van der Waals surface area contributed by atoms with Gasteiger partial charge in [-0.05, 0) is 19.3 Å². The Bertz CT molecular complexity index is 989. The van der Waals surface area contributed by atoms with Gasteiger partial charge in [0, 0.05) is 6.42 Å². The molecule has 1 aliphatic carbocycles. The number of carbonyl (C=O) groups is 1. The fourth-order valence-corrected chi connectivity index (χ4v) is 8.10. The van der Waals surface area contributed by atoms with Crippen LogP contribution in [0.3, 0.4) is 0 Å². The first kappa shape index (κ1) is 52.1. The minimum Gasteiger partial charge on any atom is -0.387 e. The minimum atomic E-state index is -5.07. The number of nitrogens with one attached hydrogen (secondary N) is 1. The summed E-state index contributed by atoms with van der Waals surface area (Å²) in [4.78, 5) is 23.3. The number of allylic oxidation sites excluding steroid dienone is 1. The lowest BCUT2D eigenvalue weighted by Crippen LogP contribution is -2.64. The molecule has 6 unspecified atom stereocenters. The Morgan fingerprint density at radius 1 is 0.600 bits per heavy atom. The number of hydrogen-bond acceptors (Lipinski definition) is 10. The summed E-state index contributed by atoms with van der Waals surface area (Å²) in [7, 11) is -5.07. The first-order chi connectivity index (χ1) is 26.4. The predicted molar refractivity (Wildman–Crippen MR) is 218 cm³/mol. The molecule has 1 saturated carbocycles. The van der Waals surface area contributed by atoms with Gasteiger partial charge in [0.2, 0.25) is 5.91 Å². The maximum absolute atomic E-state index is 12.9. The maximum Gasteiger partial charge on any atom is 0.472 e. The minimum absolute atomic E-state index is 0.218. The van der Waals surface area contributed by atoms with Crippen LogP contribution in [0.25, 0.3) is 0 Å². The lowest BCUT2D eigenvalue weighted by atomic mass is 9.85. The van der Waals surface area contributed by atoms with E-state index in [1.807, 2.05) is 6.08 Å². The molecule has 8 N–H and O–H groups in total. The third-order valence-corrected chi connectivity index (χ3v) is 11.8. The largest absolute Gasteiger partial charge is 0.472 e. The third-order valence-electron chi connectivity index (χ3n) is 10.8. The maximum atomic E-state index is 12.9. The van der Waals surface area contributed by atoms with Gasteiger partial charge in [-0.1, -0.05) is 180 Å². The number of hydrogen-bond donors (Lipinski definition) is 8. The molecule has 9 atom stereocenters. The van der Waals surface area contributed by atoms with Gasteiger partial charge in [0.1, 0.15) is 36.6 Å². The lowest BCUT2D eigenvalue weighted by molar-refractivity contribution is -0.220. The summed E-state index contributed by atoms with van der Waals surface area (Å²) >= 11 is 0. The zero-order valence-electron chi connectivity index (χ0n) is 34.5. The standard InChI is InChI=1S/C42H82NO11P/c1-3-5-7-9-11-13-14-15-16-17-18-19-20-21-22-24-26-28-30-32-36(45)43-34(35(44)31-29-27-25-23-12-10-8-6-4-2)33-53-55(51,52)54-42-40(49)38(47)37(46)39(48)41(42)50/h29,31,34-35,37-42,44,46-50H,3-28,30,32-33H2,1-2H3,(H,43,45)(H,51,52)/b31-29+/t34-,35+,37?,38+,39?,40?,41?,42?/m0/s1. The normalized spacial score (nSPS) is 23.9. The quantitative estimate of drug-likeness (QED) is 0.0175. The van der Waals surface area contributed by atoms with Crippen LogP contribution in [0.2, 0.25) is 0 Å². The second-order valence-electron chi connectivity index (χ2n) is 15.9. The molecule has 0 heterocycles. The SMILES string of the molecule is CCCCCCCCC/C=C/[C@@H](O)[C@H](COP(=O)(O)OC1C(O)C(O)C(O)[C@@H](O)C1O)NC(=O)CCCCCCCCCCCCCCCCCCCCC. The molecule has 55 heavy (non-hydrogen) atoms. The fraction of sp³-hybridized carbons (Fsp3) is 0.929. The van der Waals surface area contributed by atoms with Crippen LogP contribution in [-0.4, -0.2) is 96.8 Å². The van der Waals surface area contributed by atoms with Crippen molar-refractivity contribution in [2.24, 2.45) is 0 Å². The summed E-state index contributed by atoms with van der Waals surface area (Å²) in [6.07, 6.45) is 23.1. The van der Waals surface area contributed by atoms with E-state index in [9.17, 15) is 44.9 Å². The topological polar surface area (TPSA) is 206 Å². The number of unbranched alkanes of at least 4 members (excludes halogenated alkanes) is 25. The molecule has 1 fully saturated rings. The second-order valence-corrected chi connectivity index (χ2v) is 17.3. The van der Waals surface area contributed by atoms with Gasteiger partial charge < -0.3 is 40.8 Å². The van der Waals surface area contributed by atoms with Crippen LogP contribution in [0.5, 0.6) is 0 Å². The van der Waals surface area contributed by atoms with Gasteiger partial charge in [-0.3, -0.25) is 13.8 Å². The van der Waals surface area contributed by atoms with Crippen molar-refractivity contribution in [3.8, 4) is 0 Å².